The summed E-state index contributed by atoms with van der Waals surface area (Å²) in [5.41, 5.74) is 0. The third kappa shape index (κ3) is 7.46. The van der Waals surface area contributed by atoms with Gasteiger partial charge in [0, 0.05) is 11.9 Å². The third-order valence-electron chi connectivity index (χ3n) is 3.95. The molecule has 1 heterocycles. The second-order valence-corrected chi connectivity index (χ2v) is 6.35. The van der Waals surface area contributed by atoms with Crippen molar-refractivity contribution in [2.24, 2.45) is 5.92 Å². The SMILES string of the molecule is CCCCCCCCN1CCCC(CCBr)C1. The average molecular weight is 304 g/mol. The van der Waals surface area contributed by atoms with Gasteiger partial charge in [-0.05, 0) is 44.7 Å². The molecule has 1 rings (SSSR count). The van der Waals surface area contributed by atoms with Crippen LogP contribution in [0.25, 0.3) is 0 Å². The van der Waals surface area contributed by atoms with Crippen molar-refractivity contribution in [3.8, 4) is 0 Å². The van der Waals surface area contributed by atoms with Crippen molar-refractivity contribution < 1.29 is 0 Å². The van der Waals surface area contributed by atoms with Crippen LogP contribution in [0.4, 0.5) is 0 Å². The van der Waals surface area contributed by atoms with Gasteiger partial charge in [-0.1, -0.05) is 55.0 Å². The lowest BCUT2D eigenvalue weighted by Gasteiger charge is -2.32. The van der Waals surface area contributed by atoms with E-state index in [9.17, 15) is 0 Å². The molecule has 0 aliphatic carbocycles. The molecule has 1 aliphatic rings. The summed E-state index contributed by atoms with van der Waals surface area (Å²) >= 11 is 3.57. The first-order chi connectivity index (χ1) is 8.36. The number of unbranched alkanes of at least 4 members (excludes halogenated alkanes) is 5. The van der Waals surface area contributed by atoms with Crippen LogP contribution in [-0.2, 0) is 0 Å². The molecule has 2 heteroatoms. The van der Waals surface area contributed by atoms with E-state index in [1.807, 2.05) is 0 Å². The lowest BCUT2D eigenvalue weighted by Crippen LogP contribution is -2.36. The Morgan fingerprint density at radius 2 is 1.88 bits per heavy atom. The maximum absolute atomic E-state index is 3.57. The smallest absolute Gasteiger partial charge is 0.00344 e. The monoisotopic (exact) mass is 303 g/mol. The Morgan fingerprint density at radius 3 is 2.65 bits per heavy atom. The zero-order chi connectivity index (χ0) is 12.3. The molecule has 1 fully saturated rings. The molecule has 102 valence electrons. The van der Waals surface area contributed by atoms with E-state index in [4.69, 9.17) is 0 Å². The van der Waals surface area contributed by atoms with Crippen molar-refractivity contribution in [2.45, 2.75) is 64.7 Å². The molecule has 0 aromatic heterocycles. The molecule has 0 aromatic carbocycles. The van der Waals surface area contributed by atoms with Crippen LogP contribution in [-0.4, -0.2) is 29.9 Å². The Hall–Kier alpha value is 0.440. The van der Waals surface area contributed by atoms with Gasteiger partial charge >= 0.3 is 0 Å². The molecule has 1 aliphatic heterocycles. The van der Waals surface area contributed by atoms with Crippen LogP contribution in [0, 0.1) is 5.92 Å². The molecule has 1 nitrogen and oxygen atoms in total. The summed E-state index contributed by atoms with van der Waals surface area (Å²) in [4.78, 5) is 2.71. The first-order valence-corrected chi connectivity index (χ1v) is 8.77. The molecule has 0 aromatic rings. The molecule has 1 atom stereocenters. The molecular weight excluding hydrogens is 274 g/mol. The molecule has 1 unspecified atom stereocenters. The van der Waals surface area contributed by atoms with Crippen LogP contribution < -0.4 is 0 Å². The summed E-state index contributed by atoms with van der Waals surface area (Å²) in [6.45, 7) is 6.36. The summed E-state index contributed by atoms with van der Waals surface area (Å²) in [6.07, 6.45) is 12.8. The van der Waals surface area contributed by atoms with E-state index in [0.29, 0.717) is 0 Å². The van der Waals surface area contributed by atoms with Gasteiger partial charge in [0.15, 0.2) is 0 Å². The number of hydrogen-bond donors (Lipinski definition) is 0. The molecule has 0 saturated carbocycles. The summed E-state index contributed by atoms with van der Waals surface area (Å²) in [7, 11) is 0. The van der Waals surface area contributed by atoms with Crippen LogP contribution in [0.15, 0.2) is 0 Å². The largest absolute Gasteiger partial charge is 0.303 e. The number of nitrogens with zero attached hydrogens (tertiary/aromatic N) is 1. The zero-order valence-corrected chi connectivity index (χ0v) is 13.2. The highest BCUT2D eigenvalue weighted by atomic mass is 79.9. The maximum Gasteiger partial charge on any atom is 0.00344 e. The first-order valence-electron chi connectivity index (χ1n) is 7.65. The van der Waals surface area contributed by atoms with E-state index in [1.165, 1.54) is 82.8 Å². The second kappa shape index (κ2) is 10.4. The quantitative estimate of drug-likeness (QED) is 0.435. The minimum atomic E-state index is 0.961. The molecule has 0 radical (unpaired) electrons. The summed E-state index contributed by atoms with van der Waals surface area (Å²) < 4.78 is 0. The van der Waals surface area contributed by atoms with Gasteiger partial charge in [0.25, 0.3) is 0 Å². The second-order valence-electron chi connectivity index (χ2n) is 5.55. The van der Waals surface area contributed by atoms with E-state index in [0.717, 1.165) is 5.92 Å². The van der Waals surface area contributed by atoms with E-state index >= 15 is 0 Å². The van der Waals surface area contributed by atoms with Gasteiger partial charge in [0.2, 0.25) is 0 Å². The Labute approximate surface area is 116 Å². The molecule has 0 bridgehead atoms. The number of hydrogen-bond acceptors (Lipinski definition) is 1. The Balaban J connectivity index is 1.98. The lowest BCUT2D eigenvalue weighted by atomic mass is 9.95. The maximum atomic E-state index is 3.57. The molecule has 0 amide bonds. The number of halogens is 1. The van der Waals surface area contributed by atoms with Crippen molar-refractivity contribution >= 4 is 15.9 Å². The minimum absolute atomic E-state index is 0.961. The van der Waals surface area contributed by atoms with Crippen LogP contribution in [0.5, 0.6) is 0 Å². The standard InChI is InChI=1S/C15H30BrN/c1-2-3-4-5-6-7-12-17-13-8-9-15(14-17)10-11-16/h15H,2-14H2,1H3. The van der Waals surface area contributed by atoms with E-state index in [2.05, 4.69) is 27.8 Å². The van der Waals surface area contributed by atoms with Crippen molar-refractivity contribution in [2.75, 3.05) is 25.0 Å². The minimum Gasteiger partial charge on any atom is -0.303 e. The van der Waals surface area contributed by atoms with Gasteiger partial charge in [0.05, 0.1) is 0 Å². The average Bonchev–Trinajstić information content (AvgIpc) is 2.35. The summed E-state index contributed by atoms with van der Waals surface area (Å²) in [5, 5.41) is 1.18. The molecule has 1 saturated heterocycles. The van der Waals surface area contributed by atoms with E-state index in [1.54, 1.807) is 0 Å². The Bertz CT molecular complexity index is 170. The Kier molecular flexibility index (Phi) is 9.45. The number of rotatable bonds is 9. The summed E-state index contributed by atoms with van der Waals surface area (Å²) in [5.74, 6) is 0.961. The van der Waals surface area contributed by atoms with E-state index < -0.39 is 0 Å². The van der Waals surface area contributed by atoms with E-state index in [-0.39, 0.29) is 0 Å². The van der Waals surface area contributed by atoms with Crippen LogP contribution in [0.2, 0.25) is 0 Å². The highest BCUT2D eigenvalue weighted by Crippen LogP contribution is 2.20. The van der Waals surface area contributed by atoms with Gasteiger partial charge in [-0.2, -0.15) is 0 Å². The molecule has 17 heavy (non-hydrogen) atoms. The fourth-order valence-corrected chi connectivity index (χ4v) is 3.51. The molecular formula is C15H30BrN. The summed E-state index contributed by atoms with van der Waals surface area (Å²) in [6, 6.07) is 0. The fourth-order valence-electron chi connectivity index (χ4n) is 2.86. The zero-order valence-electron chi connectivity index (χ0n) is 11.6. The highest BCUT2D eigenvalue weighted by molar-refractivity contribution is 9.09. The van der Waals surface area contributed by atoms with Crippen LogP contribution in [0.3, 0.4) is 0 Å². The van der Waals surface area contributed by atoms with Crippen molar-refractivity contribution in [3.05, 3.63) is 0 Å². The number of piperidine rings is 1. The Morgan fingerprint density at radius 1 is 1.12 bits per heavy atom. The predicted octanol–water partition coefficient (Wildman–Crippen LogP) is 4.84. The normalized spacial score (nSPS) is 21.9. The molecule has 0 spiro atoms. The number of alkyl halides is 1. The van der Waals surface area contributed by atoms with Gasteiger partial charge in [0.1, 0.15) is 0 Å². The molecule has 0 N–H and O–H groups in total. The van der Waals surface area contributed by atoms with Crippen molar-refractivity contribution in [1.82, 2.24) is 4.90 Å². The van der Waals surface area contributed by atoms with Gasteiger partial charge in [-0.3, -0.25) is 0 Å². The fraction of sp³-hybridized carbons (Fsp3) is 1.00. The lowest BCUT2D eigenvalue weighted by molar-refractivity contribution is 0.169. The van der Waals surface area contributed by atoms with Crippen LogP contribution >= 0.6 is 15.9 Å². The first kappa shape index (κ1) is 15.5. The van der Waals surface area contributed by atoms with Gasteiger partial charge < -0.3 is 4.90 Å². The highest BCUT2D eigenvalue weighted by Gasteiger charge is 2.18. The van der Waals surface area contributed by atoms with Crippen LogP contribution in [0.1, 0.15) is 64.7 Å². The van der Waals surface area contributed by atoms with Crippen molar-refractivity contribution in [3.63, 3.8) is 0 Å². The third-order valence-corrected chi connectivity index (χ3v) is 4.41. The number of likely N-dealkylation sites (tertiary alicyclic amines) is 1. The predicted molar refractivity (Wildman–Crippen MR) is 81.0 cm³/mol. The van der Waals surface area contributed by atoms with Crippen molar-refractivity contribution in [1.29, 1.82) is 0 Å². The van der Waals surface area contributed by atoms with Gasteiger partial charge in [-0.25, -0.2) is 0 Å². The van der Waals surface area contributed by atoms with Gasteiger partial charge in [-0.15, -0.1) is 0 Å². The topological polar surface area (TPSA) is 3.24 Å².